The van der Waals surface area contributed by atoms with Crippen LogP contribution in [0.3, 0.4) is 0 Å². The average Bonchev–Trinajstić information content (AvgIpc) is 2.70. The van der Waals surface area contributed by atoms with Crippen LogP contribution in [0.2, 0.25) is 0 Å². The van der Waals surface area contributed by atoms with Crippen LogP contribution < -0.4 is 11.6 Å². The molecule has 0 spiro atoms. The van der Waals surface area contributed by atoms with E-state index in [0.29, 0.717) is 0 Å². The van der Waals surface area contributed by atoms with Crippen molar-refractivity contribution in [1.29, 1.82) is 0 Å². The molecule has 2 rings (SSSR count). The average molecular weight is 271 g/mol. The number of nitrogens with zero attached hydrogens (tertiary/aromatic N) is 4. The lowest BCUT2D eigenvalue weighted by Crippen LogP contribution is -2.23. The summed E-state index contributed by atoms with van der Waals surface area (Å²) in [5.41, 5.74) is -0.547. The zero-order valence-electron chi connectivity index (χ0n) is 9.96. The second kappa shape index (κ2) is 5.24. The third-order valence-corrected chi connectivity index (χ3v) is 2.60. The van der Waals surface area contributed by atoms with Crippen LogP contribution in [0.4, 0.5) is 8.78 Å². The Hall–Kier alpha value is -2.13. The van der Waals surface area contributed by atoms with Gasteiger partial charge in [0.1, 0.15) is 0 Å². The number of aromatic nitrogens is 4. The number of hydrogen-bond acceptors (Lipinski definition) is 5. The van der Waals surface area contributed by atoms with E-state index in [-0.39, 0.29) is 23.4 Å². The van der Waals surface area contributed by atoms with E-state index < -0.39 is 12.1 Å². The van der Waals surface area contributed by atoms with Crippen LogP contribution >= 0.6 is 0 Å². The van der Waals surface area contributed by atoms with Crippen molar-refractivity contribution in [3.8, 4) is 5.69 Å². The molecule has 2 aromatic rings. The number of benzene rings is 1. The fourth-order valence-corrected chi connectivity index (χ4v) is 1.70. The minimum atomic E-state index is -2.71. The van der Waals surface area contributed by atoms with Gasteiger partial charge < -0.3 is 0 Å². The highest BCUT2D eigenvalue weighted by atomic mass is 19.3. The van der Waals surface area contributed by atoms with E-state index in [2.05, 4.69) is 15.3 Å². The Morgan fingerprint density at radius 2 is 2.16 bits per heavy atom. The van der Waals surface area contributed by atoms with Crippen molar-refractivity contribution in [3.05, 3.63) is 39.8 Å². The number of alkyl halides is 2. The van der Waals surface area contributed by atoms with Crippen LogP contribution in [0.1, 0.15) is 17.6 Å². The maximum atomic E-state index is 12.9. The van der Waals surface area contributed by atoms with Crippen molar-refractivity contribution in [2.45, 2.75) is 13.0 Å². The molecule has 102 valence electrons. The Kier molecular flexibility index (Phi) is 3.67. The van der Waals surface area contributed by atoms with Crippen molar-refractivity contribution in [2.24, 2.45) is 12.9 Å². The summed E-state index contributed by atoms with van der Waals surface area (Å²) in [5, 5.41) is 7.13. The first-order chi connectivity index (χ1) is 9.06. The van der Waals surface area contributed by atoms with E-state index in [4.69, 9.17) is 5.90 Å². The monoisotopic (exact) mass is 271 g/mol. The zero-order chi connectivity index (χ0) is 14.0. The van der Waals surface area contributed by atoms with Gasteiger partial charge in [0.25, 0.3) is 6.43 Å². The second-order valence-electron chi connectivity index (χ2n) is 3.75. The van der Waals surface area contributed by atoms with Gasteiger partial charge in [0.15, 0.2) is 0 Å². The number of aryl methyl sites for hydroxylation is 1. The molecule has 0 saturated carbocycles. The number of hydrogen-bond donors (Lipinski definition) is 1. The number of rotatable bonds is 4. The number of nitrogens with two attached hydrogens (primary N) is 1. The molecule has 19 heavy (non-hydrogen) atoms. The molecule has 1 aromatic carbocycles. The molecule has 0 amide bonds. The van der Waals surface area contributed by atoms with E-state index in [1.807, 2.05) is 0 Å². The standard InChI is InChI=1S/C10H11F2N5O2/c1-16-10(18)17(15-14-16)8-4-2-3-6(9(11)12)7(8)5-19-13/h2-4,9H,5,13H2,1H3. The second-order valence-corrected chi connectivity index (χ2v) is 3.75. The molecule has 0 saturated heterocycles. The summed E-state index contributed by atoms with van der Waals surface area (Å²) < 4.78 is 27.8. The summed E-state index contributed by atoms with van der Waals surface area (Å²) in [6.45, 7) is -0.265. The molecule has 1 heterocycles. The largest absolute Gasteiger partial charge is 0.368 e. The number of halogens is 2. The molecule has 9 heteroatoms. The minimum absolute atomic E-state index is 0.0996. The Balaban J connectivity index is 2.66. The molecule has 0 unspecified atom stereocenters. The Morgan fingerprint density at radius 3 is 2.68 bits per heavy atom. The normalized spacial score (nSPS) is 11.2. The predicted molar refractivity (Wildman–Crippen MR) is 60.5 cm³/mol. The van der Waals surface area contributed by atoms with Crippen molar-refractivity contribution >= 4 is 0 Å². The fraction of sp³-hybridized carbons (Fsp3) is 0.300. The van der Waals surface area contributed by atoms with E-state index in [1.54, 1.807) is 0 Å². The lowest BCUT2D eigenvalue weighted by Gasteiger charge is -2.12. The summed E-state index contributed by atoms with van der Waals surface area (Å²) in [4.78, 5) is 16.2. The Labute approximate surface area is 106 Å². The van der Waals surface area contributed by atoms with E-state index >= 15 is 0 Å². The van der Waals surface area contributed by atoms with Crippen LogP contribution in [0, 0.1) is 0 Å². The molecule has 0 fully saturated rings. The maximum absolute atomic E-state index is 12.9. The first-order valence-electron chi connectivity index (χ1n) is 5.27. The Morgan fingerprint density at radius 1 is 1.42 bits per heavy atom. The van der Waals surface area contributed by atoms with Gasteiger partial charge >= 0.3 is 5.69 Å². The molecular formula is C10H11F2N5O2. The number of tetrazole rings is 1. The SMILES string of the molecule is Cn1nnn(-c2cccc(C(F)F)c2CON)c1=O. The zero-order valence-corrected chi connectivity index (χ0v) is 9.96. The lowest BCUT2D eigenvalue weighted by molar-refractivity contribution is 0.113. The summed E-state index contributed by atoms with van der Waals surface area (Å²) in [6, 6.07) is 4.11. The van der Waals surface area contributed by atoms with E-state index in [1.165, 1.54) is 25.2 Å². The first-order valence-corrected chi connectivity index (χ1v) is 5.27. The first kappa shape index (κ1) is 13.3. The summed E-state index contributed by atoms with van der Waals surface area (Å²) in [6.07, 6.45) is -2.71. The van der Waals surface area contributed by atoms with Gasteiger partial charge in [-0.1, -0.05) is 12.1 Å². The Bertz CT molecular complexity index is 637. The third kappa shape index (κ3) is 2.37. The van der Waals surface area contributed by atoms with Gasteiger partial charge in [-0.05, 0) is 16.5 Å². The lowest BCUT2D eigenvalue weighted by atomic mass is 10.1. The van der Waals surface area contributed by atoms with Crippen molar-refractivity contribution in [3.63, 3.8) is 0 Å². The van der Waals surface area contributed by atoms with Gasteiger partial charge in [-0.15, -0.1) is 0 Å². The van der Waals surface area contributed by atoms with Gasteiger partial charge in [0.2, 0.25) is 0 Å². The van der Waals surface area contributed by atoms with Gasteiger partial charge in [0, 0.05) is 18.2 Å². The molecule has 0 aliphatic carbocycles. The smallest absolute Gasteiger partial charge is 0.300 e. The van der Waals surface area contributed by atoms with Crippen LogP contribution in [-0.2, 0) is 18.5 Å². The van der Waals surface area contributed by atoms with Crippen molar-refractivity contribution < 1.29 is 13.6 Å². The molecular weight excluding hydrogens is 260 g/mol. The van der Waals surface area contributed by atoms with Gasteiger partial charge in [-0.2, -0.15) is 9.36 Å². The highest BCUT2D eigenvalue weighted by molar-refractivity contribution is 5.45. The van der Waals surface area contributed by atoms with Gasteiger partial charge in [-0.3, -0.25) is 4.84 Å². The summed E-state index contributed by atoms with van der Waals surface area (Å²) in [7, 11) is 1.40. The fourth-order valence-electron chi connectivity index (χ4n) is 1.70. The highest BCUT2D eigenvalue weighted by Crippen LogP contribution is 2.27. The van der Waals surface area contributed by atoms with Gasteiger partial charge in [0.05, 0.1) is 12.3 Å². The summed E-state index contributed by atoms with van der Waals surface area (Å²) >= 11 is 0. The molecule has 0 aliphatic rings. The molecule has 0 atom stereocenters. The molecule has 1 aromatic heterocycles. The maximum Gasteiger partial charge on any atom is 0.368 e. The minimum Gasteiger partial charge on any atom is -0.300 e. The molecule has 0 radical (unpaired) electrons. The van der Waals surface area contributed by atoms with Crippen LogP contribution in [0.5, 0.6) is 0 Å². The van der Waals surface area contributed by atoms with Crippen LogP contribution in [0.25, 0.3) is 5.69 Å². The molecule has 2 N–H and O–H groups in total. The van der Waals surface area contributed by atoms with Crippen LogP contribution in [0.15, 0.2) is 23.0 Å². The molecule has 0 aliphatic heterocycles. The van der Waals surface area contributed by atoms with Gasteiger partial charge in [-0.25, -0.2) is 19.5 Å². The highest BCUT2D eigenvalue weighted by Gasteiger charge is 2.19. The van der Waals surface area contributed by atoms with E-state index in [0.717, 1.165) is 9.36 Å². The predicted octanol–water partition coefficient (Wildman–Crippen LogP) is 0.294. The quantitative estimate of drug-likeness (QED) is 0.808. The van der Waals surface area contributed by atoms with E-state index in [9.17, 15) is 13.6 Å². The topological polar surface area (TPSA) is 88.0 Å². The third-order valence-electron chi connectivity index (χ3n) is 2.60. The summed E-state index contributed by atoms with van der Waals surface area (Å²) in [5.74, 6) is 4.95. The van der Waals surface area contributed by atoms with Crippen molar-refractivity contribution in [2.75, 3.05) is 0 Å². The van der Waals surface area contributed by atoms with Crippen molar-refractivity contribution in [1.82, 2.24) is 19.8 Å². The van der Waals surface area contributed by atoms with Crippen LogP contribution in [-0.4, -0.2) is 19.8 Å². The molecule has 7 nitrogen and oxygen atoms in total. The molecule has 0 bridgehead atoms.